The Kier molecular flexibility index (Phi) is 24.7. The molecule has 1 saturated heterocycles. The summed E-state index contributed by atoms with van der Waals surface area (Å²) in [5, 5.41) is 40.0. The number of nitrogens with two attached hydrogens (primary N) is 4. The molecule has 2 heterocycles. The first kappa shape index (κ1) is 60.9. The molecule has 410 valence electrons. The van der Waals surface area contributed by atoms with Gasteiger partial charge >= 0.3 is 5.97 Å². The van der Waals surface area contributed by atoms with E-state index in [4.69, 9.17) is 22.9 Å². The van der Waals surface area contributed by atoms with E-state index < -0.39 is 133 Å². The molecule has 27 nitrogen and oxygen atoms in total. The Morgan fingerprint density at radius 3 is 2.03 bits per heavy atom. The Balaban J connectivity index is 1.58. The van der Waals surface area contributed by atoms with Crippen molar-refractivity contribution >= 4 is 76.0 Å². The molecule has 74 heavy (non-hydrogen) atoms. The average molecular weight is 1040 g/mol. The number of likely N-dealkylation sites (tertiary alicyclic amines) is 1. The lowest BCUT2D eigenvalue weighted by atomic mass is 10.0. The van der Waals surface area contributed by atoms with Crippen LogP contribution in [0.2, 0.25) is 0 Å². The van der Waals surface area contributed by atoms with Gasteiger partial charge in [-0.2, -0.15) is 0 Å². The van der Waals surface area contributed by atoms with Crippen molar-refractivity contribution < 1.29 is 58.2 Å². The van der Waals surface area contributed by atoms with Crippen LogP contribution in [0.5, 0.6) is 0 Å². The zero-order valence-corrected chi connectivity index (χ0v) is 42.5. The number of aliphatic imine (C=N–C) groups is 1. The maximum absolute atomic E-state index is 13.6. The lowest BCUT2D eigenvalue weighted by Crippen LogP contribution is -2.59. The monoisotopic (exact) mass is 1040 g/mol. The molecule has 27 heteroatoms. The third-order valence-corrected chi connectivity index (χ3v) is 12.2. The number of hydrogen-bond donors (Lipinski definition) is 15. The van der Waals surface area contributed by atoms with Crippen LogP contribution in [-0.2, 0) is 54.4 Å². The number of aromatic nitrogens is 1. The molecule has 3 rings (SSSR count). The smallest absolute Gasteiger partial charge is 0.326 e. The predicted octanol–water partition coefficient (Wildman–Crippen LogP) is -4.49. The molecule has 9 amide bonds. The number of unbranched alkanes of at least 4 members (excludes halogenated alkanes) is 1. The molecule has 0 spiro atoms. The topological polar surface area (TPSA) is 443 Å². The molecule has 0 radical (unpaired) electrons. The molecule has 2 aromatic rings. The van der Waals surface area contributed by atoms with Crippen LogP contribution in [0.15, 0.2) is 35.5 Å². The number of carboxylic acids is 1. The molecule has 1 aromatic carbocycles. The van der Waals surface area contributed by atoms with Gasteiger partial charge in [0.2, 0.25) is 53.2 Å². The summed E-state index contributed by atoms with van der Waals surface area (Å²) in [4.78, 5) is 140. The minimum Gasteiger partial charge on any atom is -0.480 e. The van der Waals surface area contributed by atoms with Crippen molar-refractivity contribution in [3.8, 4) is 0 Å². The van der Waals surface area contributed by atoms with Crippen LogP contribution in [0, 0.1) is 5.92 Å². The summed E-state index contributed by atoms with van der Waals surface area (Å²) in [6, 6.07) is -3.56. The van der Waals surface area contributed by atoms with Gasteiger partial charge in [0.15, 0.2) is 5.96 Å². The number of nitrogens with zero attached hydrogens (tertiary/aromatic N) is 2. The van der Waals surface area contributed by atoms with Crippen molar-refractivity contribution in [3.63, 3.8) is 0 Å². The summed E-state index contributed by atoms with van der Waals surface area (Å²) in [6.45, 7) is 6.73. The highest BCUT2D eigenvalue weighted by molar-refractivity contribution is 5.98. The summed E-state index contributed by atoms with van der Waals surface area (Å²) in [5.74, 6) is -8.64. The number of aliphatic hydroxyl groups is 1. The normalized spacial score (nSPS) is 16.4. The number of nitrogens with one attached hydrogen (secondary N) is 9. The van der Waals surface area contributed by atoms with Crippen LogP contribution in [0.4, 0.5) is 0 Å². The standard InChI is InChI=1S/C47H75N15O12/c1-24(2)37(61-39(66)26(4)55-43(70)35-16-11-19-62(35)45(72)27(5)57-41(68)32(15-10-18-52-47(50)51)59-40(67)30(49)23-63)44(71)56-25(3)38(65)54-22-36(64)58-34(20-28-21-53-31-13-7-6-12-29(28)31)42(69)60-33(46(73)74)14-8-9-17-48/h6-7,12-13,21,24-27,30,32-35,37,53,63H,8-11,14-20,22-23,48-49H2,1-5H3,(H,54,65)(H,55,70)(H,56,71)(H,57,68)(H,58,64)(H,59,67)(H,60,69)(H,61,66)(H,73,74)(H4,50,51,52)/t25-,26-,27-,30-,32-,33-,34-,35-,37-/m0/s1. The van der Waals surface area contributed by atoms with E-state index in [1.165, 1.54) is 25.7 Å². The molecule has 1 aliphatic rings. The SMILES string of the molecule is CC(C)[C@H](NC(=O)[C@H](C)NC(=O)[C@@H]1CCCN1C(=O)[C@H](C)NC(=O)[C@H](CCCN=C(N)N)NC(=O)[C@@H](N)CO)C(=O)N[C@@H](C)C(=O)NCC(=O)N[C@@H](Cc1c[nH]c2ccccc12)C(=O)N[C@@H](CCCCN)C(=O)O. The van der Waals surface area contributed by atoms with Crippen LogP contribution in [-0.4, -0.2) is 172 Å². The van der Waals surface area contributed by atoms with Gasteiger partial charge in [-0.1, -0.05) is 32.0 Å². The molecule has 1 fully saturated rings. The summed E-state index contributed by atoms with van der Waals surface area (Å²) in [5.41, 5.74) is 23.3. The van der Waals surface area contributed by atoms with Crippen molar-refractivity contribution in [2.45, 2.75) is 140 Å². The minimum atomic E-state index is -1.31. The van der Waals surface area contributed by atoms with Gasteiger partial charge in [0.05, 0.1) is 13.2 Å². The molecule has 1 aliphatic heterocycles. The second kappa shape index (κ2) is 30.0. The minimum absolute atomic E-state index is 0.0264. The Labute approximate surface area is 428 Å². The third-order valence-electron chi connectivity index (χ3n) is 12.2. The maximum Gasteiger partial charge on any atom is 0.326 e. The maximum atomic E-state index is 13.6. The molecular formula is C47H75N15O12. The molecule has 0 saturated carbocycles. The van der Waals surface area contributed by atoms with E-state index in [1.807, 2.05) is 18.2 Å². The highest BCUT2D eigenvalue weighted by Crippen LogP contribution is 2.21. The number of benzene rings is 1. The Morgan fingerprint density at radius 2 is 1.38 bits per heavy atom. The average Bonchev–Trinajstić information content (AvgIpc) is 4.02. The molecule has 19 N–H and O–H groups in total. The quantitative estimate of drug-likeness (QED) is 0.0199. The molecule has 0 bridgehead atoms. The fourth-order valence-corrected chi connectivity index (χ4v) is 7.94. The van der Waals surface area contributed by atoms with Gasteiger partial charge in [-0.05, 0) is 89.8 Å². The van der Waals surface area contributed by atoms with Gasteiger partial charge in [0, 0.05) is 36.6 Å². The number of para-hydroxylation sites is 1. The second-order valence-electron chi connectivity index (χ2n) is 18.5. The fraction of sp³-hybridized carbons (Fsp3) is 0.596. The summed E-state index contributed by atoms with van der Waals surface area (Å²) < 4.78 is 0. The van der Waals surface area contributed by atoms with E-state index in [1.54, 1.807) is 26.1 Å². The predicted molar refractivity (Wildman–Crippen MR) is 271 cm³/mol. The zero-order valence-electron chi connectivity index (χ0n) is 42.5. The number of aromatic amines is 1. The van der Waals surface area contributed by atoms with Gasteiger partial charge in [-0.15, -0.1) is 0 Å². The van der Waals surface area contributed by atoms with E-state index in [0.717, 1.165) is 10.9 Å². The molecule has 9 atom stereocenters. The van der Waals surface area contributed by atoms with Gasteiger partial charge in [-0.3, -0.25) is 48.1 Å². The highest BCUT2D eigenvalue weighted by Gasteiger charge is 2.39. The molecule has 1 aromatic heterocycles. The molecular weight excluding hydrogens is 967 g/mol. The second-order valence-corrected chi connectivity index (χ2v) is 18.5. The van der Waals surface area contributed by atoms with Gasteiger partial charge in [0.25, 0.3) is 0 Å². The zero-order chi connectivity index (χ0) is 55.2. The van der Waals surface area contributed by atoms with E-state index in [2.05, 4.69) is 52.5 Å². The van der Waals surface area contributed by atoms with Crippen LogP contribution < -0.4 is 65.5 Å². The van der Waals surface area contributed by atoms with Crippen LogP contribution in [0.25, 0.3) is 10.9 Å². The summed E-state index contributed by atoms with van der Waals surface area (Å²) in [7, 11) is 0. The lowest BCUT2D eigenvalue weighted by molar-refractivity contribution is -0.142. The number of hydrogen-bond acceptors (Lipinski definition) is 14. The molecule has 0 aliphatic carbocycles. The number of carbonyl (C=O) groups is 10. The third kappa shape index (κ3) is 18.9. The highest BCUT2D eigenvalue weighted by atomic mass is 16.4. The largest absolute Gasteiger partial charge is 0.480 e. The number of rotatable bonds is 30. The number of fused-ring (bicyclic) bond motifs is 1. The van der Waals surface area contributed by atoms with Gasteiger partial charge in [-0.25, -0.2) is 4.79 Å². The lowest BCUT2D eigenvalue weighted by Gasteiger charge is -2.29. The van der Waals surface area contributed by atoms with Gasteiger partial charge in [0.1, 0.15) is 54.4 Å². The van der Waals surface area contributed by atoms with Crippen molar-refractivity contribution in [1.82, 2.24) is 52.4 Å². The number of carboxylic acid groups (broad SMARTS) is 1. The van der Waals surface area contributed by atoms with Crippen molar-refractivity contribution in [2.24, 2.45) is 33.8 Å². The fourth-order valence-electron chi connectivity index (χ4n) is 7.94. The number of aliphatic carboxylic acids is 1. The van der Waals surface area contributed by atoms with Gasteiger partial charge < -0.3 is 85.6 Å². The number of guanidine groups is 1. The van der Waals surface area contributed by atoms with Crippen LogP contribution in [0.3, 0.4) is 0 Å². The van der Waals surface area contributed by atoms with Crippen LogP contribution in [0.1, 0.15) is 85.1 Å². The number of aliphatic hydroxyl groups excluding tert-OH is 1. The summed E-state index contributed by atoms with van der Waals surface area (Å²) >= 11 is 0. The Morgan fingerprint density at radius 1 is 0.743 bits per heavy atom. The summed E-state index contributed by atoms with van der Waals surface area (Å²) in [6.07, 6.45) is 3.71. The van der Waals surface area contributed by atoms with Crippen LogP contribution >= 0.6 is 0 Å². The van der Waals surface area contributed by atoms with Crippen molar-refractivity contribution in [3.05, 3.63) is 36.0 Å². The number of H-pyrrole nitrogens is 1. The first-order valence-corrected chi connectivity index (χ1v) is 24.6. The Bertz CT molecular complexity index is 2320. The number of carbonyl (C=O) groups excluding carboxylic acids is 9. The van der Waals surface area contributed by atoms with E-state index in [0.29, 0.717) is 31.4 Å². The first-order chi connectivity index (χ1) is 35.0. The Hall–Kier alpha value is -7.39. The van der Waals surface area contributed by atoms with Crippen molar-refractivity contribution in [2.75, 3.05) is 32.8 Å². The molecule has 0 unspecified atom stereocenters. The van der Waals surface area contributed by atoms with Crippen molar-refractivity contribution in [1.29, 1.82) is 0 Å². The van der Waals surface area contributed by atoms with E-state index >= 15 is 0 Å². The van der Waals surface area contributed by atoms with E-state index in [9.17, 15) is 58.2 Å². The number of amides is 9. The first-order valence-electron chi connectivity index (χ1n) is 24.6. The van der Waals surface area contributed by atoms with E-state index in [-0.39, 0.29) is 51.2 Å².